The van der Waals surface area contributed by atoms with Gasteiger partial charge in [0.1, 0.15) is 0 Å². The molecule has 1 aromatic carbocycles. The Balaban J connectivity index is 1.82. The molecular formula is C15H22N4O2. The highest BCUT2D eigenvalue weighted by Gasteiger charge is 2.20. The molecule has 1 unspecified atom stereocenters. The molecule has 1 aromatic rings. The van der Waals surface area contributed by atoms with E-state index < -0.39 is 0 Å². The van der Waals surface area contributed by atoms with Crippen LogP contribution in [0, 0.1) is 0 Å². The second-order valence-electron chi connectivity index (χ2n) is 5.44. The molecule has 0 radical (unpaired) electrons. The van der Waals surface area contributed by atoms with Crippen molar-refractivity contribution in [3.63, 3.8) is 0 Å². The lowest BCUT2D eigenvalue weighted by molar-refractivity contribution is -0.120. The van der Waals surface area contributed by atoms with Gasteiger partial charge in [0.05, 0.1) is 6.42 Å². The first-order valence-corrected chi connectivity index (χ1v) is 7.14. The molecule has 6 heteroatoms. The summed E-state index contributed by atoms with van der Waals surface area (Å²) in [5.41, 5.74) is 7.03. The third-order valence-corrected chi connectivity index (χ3v) is 3.93. The topological polar surface area (TPSA) is 91.0 Å². The molecule has 1 saturated heterocycles. The van der Waals surface area contributed by atoms with Gasteiger partial charge in [-0.05, 0) is 32.0 Å². The lowest BCUT2D eigenvalue weighted by Crippen LogP contribution is -2.38. The summed E-state index contributed by atoms with van der Waals surface area (Å²) >= 11 is 0. The van der Waals surface area contributed by atoms with Crippen LogP contribution in [0.1, 0.15) is 24.0 Å². The fourth-order valence-electron chi connectivity index (χ4n) is 2.57. The summed E-state index contributed by atoms with van der Waals surface area (Å²) in [5, 5.41) is 14.5. The summed E-state index contributed by atoms with van der Waals surface area (Å²) in [6.07, 6.45) is 2.68. The third-order valence-electron chi connectivity index (χ3n) is 3.93. The zero-order chi connectivity index (χ0) is 15.2. The molecule has 0 aliphatic carbocycles. The van der Waals surface area contributed by atoms with E-state index in [1.807, 2.05) is 12.1 Å². The van der Waals surface area contributed by atoms with E-state index in [0.717, 1.165) is 18.5 Å². The molecule has 4 N–H and O–H groups in total. The number of hydrogen-bond donors (Lipinski definition) is 3. The first kappa shape index (κ1) is 15.3. The van der Waals surface area contributed by atoms with Gasteiger partial charge in [0.2, 0.25) is 5.91 Å². The Kier molecular flexibility index (Phi) is 5.16. The number of hydrogen-bond acceptors (Lipinski definition) is 4. The van der Waals surface area contributed by atoms with Crippen molar-refractivity contribution in [2.45, 2.75) is 25.3 Å². The molecule has 6 nitrogen and oxygen atoms in total. The van der Waals surface area contributed by atoms with Crippen LogP contribution in [0.2, 0.25) is 0 Å². The molecule has 0 spiro atoms. The fraction of sp³-hybridized carbons (Fsp3) is 0.467. The first-order valence-electron chi connectivity index (χ1n) is 7.14. The van der Waals surface area contributed by atoms with Crippen molar-refractivity contribution < 1.29 is 10.0 Å². The van der Waals surface area contributed by atoms with Gasteiger partial charge in [-0.15, -0.1) is 0 Å². The van der Waals surface area contributed by atoms with E-state index in [4.69, 9.17) is 10.9 Å². The molecule has 1 atom stereocenters. The van der Waals surface area contributed by atoms with Gasteiger partial charge < -0.3 is 21.2 Å². The molecule has 0 saturated carbocycles. The number of nitrogens with one attached hydrogen (secondary N) is 1. The van der Waals surface area contributed by atoms with Crippen LogP contribution in [0.5, 0.6) is 0 Å². The van der Waals surface area contributed by atoms with Gasteiger partial charge in [-0.25, -0.2) is 0 Å². The molecule has 1 aliphatic heterocycles. The van der Waals surface area contributed by atoms with Crippen LogP contribution in [0.4, 0.5) is 0 Å². The lowest BCUT2D eigenvalue weighted by atomic mass is 10.1. The maximum absolute atomic E-state index is 11.9. The van der Waals surface area contributed by atoms with Crippen LogP contribution < -0.4 is 11.1 Å². The van der Waals surface area contributed by atoms with Gasteiger partial charge in [-0.1, -0.05) is 29.4 Å². The SMILES string of the molecule is CN1CCCC1CNC(=O)Cc1ccc(/C(N)=N/O)cc1. The average molecular weight is 290 g/mol. The third kappa shape index (κ3) is 4.19. The molecule has 0 aromatic heterocycles. The number of carbonyl (C=O) groups is 1. The van der Waals surface area contributed by atoms with Gasteiger partial charge in [-0.3, -0.25) is 4.79 Å². The summed E-state index contributed by atoms with van der Waals surface area (Å²) in [6.45, 7) is 1.81. The van der Waals surface area contributed by atoms with Crippen LogP contribution >= 0.6 is 0 Å². The minimum atomic E-state index is 0.0202. The summed E-state index contributed by atoms with van der Waals surface area (Å²) in [4.78, 5) is 14.2. The fourth-order valence-corrected chi connectivity index (χ4v) is 2.57. The number of rotatable bonds is 5. The summed E-state index contributed by atoms with van der Waals surface area (Å²) in [5.74, 6) is 0.0853. The van der Waals surface area contributed by atoms with Crippen molar-refractivity contribution in [1.82, 2.24) is 10.2 Å². The molecule has 1 heterocycles. The summed E-state index contributed by atoms with van der Waals surface area (Å²) in [7, 11) is 2.09. The van der Waals surface area contributed by atoms with E-state index in [2.05, 4.69) is 22.4 Å². The lowest BCUT2D eigenvalue weighted by Gasteiger charge is -2.19. The maximum Gasteiger partial charge on any atom is 0.224 e. The standard InChI is InChI=1S/C15H22N4O2/c1-19-8-2-3-13(19)10-17-14(20)9-11-4-6-12(7-5-11)15(16)18-21/h4-7,13,21H,2-3,8-10H2,1H3,(H2,16,18)(H,17,20). The van der Waals surface area contributed by atoms with Gasteiger partial charge >= 0.3 is 0 Å². The first-order chi connectivity index (χ1) is 10.1. The van der Waals surface area contributed by atoms with Crippen molar-refractivity contribution in [2.75, 3.05) is 20.1 Å². The van der Waals surface area contributed by atoms with Crippen LogP contribution in [0.3, 0.4) is 0 Å². The van der Waals surface area contributed by atoms with Crippen molar-refractivity contribution in [3.05, 3.63) is 35.4 Å². The van der Waals surface area contributed by atoms with E-state index in [9.17, 15) is 4.79 Å². The molecule has 1 fully saturated rings. The number of benzene rings is 1. The minimum Gasteiger partial charge on any atom is -0.409 e. The van der Waals surface area contributed by atoms with Crippen LogP contribution in [-0.2, 0) is 11.2 Å². The van der Waals surface area contributed by atoms with Crippen molar-refractivity contribution in [2.24, 2.45) is 10.9 Å². The Morgan fingerprint density at radius 1 is 1.48 bits per heavy atom. The Bertz CT molecular complexity index is 513. The molecule has 1 aliphatic rings. The van der Waals surface area contributed by atoms with Gasteiger partial charge in [0.25, 0.3) is 0 Å². The highest BCUT2D eigenvalue weighted by molar-refractivity contribution is 5.97. The minimum absolute atomic E-state index is 0.0202. The molecular weight excluding hydrogens is 268 g/mol. The maximum atomic E-state index is 11.9. The summed E-state index contributed by atoms with van der Waals surface area (Å²) < 4.78 is 0. The van der Waals surface area contributed by atoms with Crippen LogP contribution in [0.15, 0.2) is 29.4 Å². The van der Waals surface area contributed by atoms with E-state index in [0.29, 0.717) is 24.6 Å². The van der Waals surface area contributed by atoms with Crippen LogP contribution in [-0.4, -0.2) is 48.0 Å². The largest absolute Gasteiger partial charge is 0.409 e. The number of nitrogens with two attached hydrogens (primary N) is 1. The van der Waals surface area contributed by atoms with E-state index in [1.54, 1.807) is 12.1 Å². The second kappa shape index (κ2) is 7.08. The smallest absolute Gasteiger partial charge is 0.224 e. The normalized spacial score (nSPS) is 19.7. The van der Waals surface area contributed by atoms with Crippen molar-refractivity contribution >= 4 is 11.7 Å². The molecule has 114 valence electrons. The Morgan fingerprint density at radius 2 is 2.19 bits per heavy atom. The molecule has 2 rings (SSSR count). The van der Waals surface area contributed by atoms with Gasteiger partial charge in [0, 0.05) is 18.2 Å². The van der Waals surface area contributed by atoms with Crippen LogP contribution in [0.25, 0.3) is 0 Å². The van der Waals surface area contributed by atoms with Crippen molar-refractivity contribution in [1.29, 1.82) is 0 Å². The highest BCUT2D eigenvalue weighted by Crippen LogP contribution is 2.13. The van der Waals surface area contributed by atoms with E-state index in [1.165, 1.54) is 6.42 Å². The van der Waals surface area contributed by atoms with E-state index >= 15 is 0 Å². The Labute approximate surface area is 124 Å². The monoisotopic (exact) mass is 290 g/mol. The number of likely N-dealkylation sites (tertiary alicyclic amines) is 1. The zero-order valence-electron chi connectivity index (χ0n) is 12.2. The molecule has 1 amide bonds. The average Bonchev–Trinajstić information content (AvgIpc) is 2.90. The second-order valence-corrected chi connectivity index (χ2v) is 5.44. The predicted octanol–water partition coefficient (Wildman–Crippen LogP) is 0.534. The summed E-state index contributed by atoms with van der Waals surface area (Å²) in [6, 6.07) is 7.56. The number of amidine groups is 1. The molecule has 0 bridgehead atoms. The van der Waals surface area contributed by atoms with Gasteiger partial charge in [-0.2, -0.15) is 0 Å². The Morgan fingerprint density at radius 3 is 2.76 bits per heavy atom. The van der Waals surface area contributed by atoms with Crippen molar-refractivity contribution in [3.8, 4) is 0 Å². The Hall–Kier alpha value is -2.08. The number of carbonyl (C=O) groups excluding carboxylic acids is 1. The molecule has 21 heavy (non-hydrogen) atoms. The predicted molar refractivity (Wildman–Crippen MR) is 81.3 cm³/mol. The highest BCUT2D eigenvalue weighted by atomic mass is 16.4. The number of nitrogens with zero attached hydrogens (tertiary/aromatic N) is 2. The number of amides is 1. The quantitative estimate of drug-likeness (QED) is 0.319. The number of oxime groups is 1. The number of likely N-dealkylation sites (N-methyl/N-ethyl adjacent to an activating group) is 1. The van der Waals surface area contributed by atoms with E-state index in [-0.39, 0.29) is 11.7 Å². The zero-order valence-corrected chi connectivity index (χ0v) is 12.2. The van der Waals surface area contributed by atoms with Gasteiger partial charge in [0.15, 0.2) is 5.84 Å².